The quantitative estimate of drug-likeness (QED) is 0.210. The highest BCUT2D eigenvalue weighted by molar-refractivity contribution is 7.14. The molecular formula is C25H22ClN3O4S. The Hall–Kier alpha value is -3.67. The van der Waals surface area contributed by atoms with Crippen molar-refractivity contribution in [1.29, 1.82) is 5.26 Å². The molecule has 0 aliphatic rings. The van der Waals surface area contributed by atoms with Gasteiger partial charge >= 0.3 is 5.97 Å². The topological polar surface area (TPSA) is 101 Å². The molecule has 1 N–H and O–H groups in total. The zero-order valence-electron chi connectivity index (χ0n) is 18.8. The molecule has 2 heterocycles. The first-order chi connectivity index (χ1) is 16.2. The summed E-state index contributed by atoms with van der Waals surface area (Å²) in [5, 5.41) is 12.8. The van der Waals surface area contributed by atoms with Gasteiger partial charge in [-0.15, -0.1) is 11.3 Å². The van der Waals surface area contributed by atoms with E-state index in [9.17, 15) is 19.6 Å². The van der Waals surface area contributed by atoms with Crippen molar-refractivity contribution in [2.75, 3.05) is 6.61 Å². The van der Waals surface area contributed by atoms with Gasteiger partial charge in [0.1, 0.15) is 11.6 Å². The lowest BCUT2D eigenvalue weighted by Gasteiger charge is -2.10. The van der Waals surface area contributed by atoms with Crippen LogP contribution in [0.5, 0.6) is 0 Å². The Morgan fingerprint density at radius 2 is 1.97 bits per heavy atom. The van der Waals surface area contributed by atoms with Gasteiger partial charge in [0.15, 0.2) is 6.61 Å². The molecule has 0 bridgehead atoms. The van der Waals surface area contributed by atoms with E-state index in [2.05, 4.69) is 5.32 Å². The minimum absolute atomic E-state index is 0.167. The first-order valence-corrected chi connectivity index (χ1v) is 11.5. The first kappa shape index (κ1) is 25.0. The molecule has 1 amide bonds. The van der Waals surface area contributed by atoms with Crippen LogP contribution in [0.25, 0.3) is 11.8 Å². The summed E-state index contributed by atoms with van der Waals surface area (Å²) >= 11 is 7.32. The maximum atomic E-state index is 12.5. The Balaban J connectivity index is 1.71. The van der Waals surface area contributed by atoms with Crippen molar-refractivity contribution >= 4 is 46.7 Å². The number of carbonyl (C=O) groups excluding carboxylic acids is 3. The highest BCUT2D eigenvalue weighted by atomic mass is 35.5. The van der Waals surface area contributed by atoms with Gasteiger partial charge in [-0.25, -0.2) is 4.79 Å². The van der Waals surface area contributed by atoms with Gasteiger partial charge in [0, 0.05) is 33.9 Å². The molecule has 7 nitrogen and oxygen atoms in total. The predicted molar refractivity (Wildman–Crippen MR) is 131 cm³/mol. The van der Waals surface area contributed by atoms with Gasteiger partial charge in [0.05, 0.1) is 11.4 Å². The van der Waals surface area contributed by atoms with Crippen LogP contribution in [-0.2, 0) is 20.9 Å². The zero-order valence-corrected chi connectivity index (χ0v) is 20.4. The minimum Gasteiger partial charge on any atom is -0.453 e. The number of rotatable bonds is 8. The van der Waals surface area contributed by atoms with E-state index in [0.717, 1.165) is 22.0 Å². The molecule has 0 aliphatic heterocycles. The Morgan fingerprint density at radius 3 is 2.65 bits per heavy atom. The van der Waals surface area contributed by atoms with Crippen LogP contribution in [0, 0.1) is 25.2 Å². The van der Waals surface area contributed by atoms with Crippen LogP contribution in [0.4, 0.5) is 0 Å². The molecular weight excluding hydrogens is 474 g/mol. The molecule has 0 aliphatic carbocycles. The number of nitriles is 1. The van der Waals surface area contributed by atoms with Gasteiger partial charge in [0.2, 0.25) is 11.7 Å². The molecule has 0 spiro atoms. The van der Waals surface area contributed by atoms with Gasteiger partial charge in [-0.05, 0) is 61.9 Å². The largest absolute Gasteiger partial charge is 0.453 e. The number of nitrogens with zero attached hydrogens (tertiary/aromatic N) is 2. The van der Waals surface area contributed by atoms with Crippen LogP contribution >= 0.6 is 22.9 Å². The Morgan fingerprint density at radius 1 is 1.21 bits per heavy atom. The molecule has 174 valence electrons. The van der Waals surface area contributed by atoms with E-state index in [1.807, 2.05) is 48.7 Å². The number of aryl methyl sites for hydroxylation is 1. The average molecular weight is 496 g/mol. The maximum Gasteiger partial charge on any atom is 0.349 e. The van der Waals surface area contributed by atoms with Crippen molar-refractivity contribution in [3.8, 4) is 11.8 Å². The van der Waals surface area contributed by atoms with Crippen molar-refractivity contribution in [2.24, 2.45) is 0 Å². The lowest BCUT2D eigenvalue weighted by atomic mass is 10.1. The number of hydrogen-bond donors (Lipinski definition) is 1. The average Bonchev–Trinajstić information content (AvgIpc) is 3.38. The summed E-state index contributed by atoms with van der Waals surface area (Å²) in [5.41, 5.74) is 3.05. The summed E-state index contributed by atoms with van der Waals surface area (Å²) < 4.78 is 7.07. The smallest absolute Gasteiger partial charge is 0.349 e. The number of halogens is 1. The van der Waals surface area contributed by atoms with Gasteiger partial charge in [-0.2, -0.15) is 5.26 Å². The van der Waals surface area contributed by atoms with Crippen molar-refractivity contribution < 1.29 is 19.1 Å². The zero-order chi connectivity index (χ0) is 24.8. The molecule has 0 saturated carbocycles. The lowest BCUT2D eigenvalue weighted by Crippen LogP contribution is -2.18. The molecule has 3 aromatic rings. The predicted octanol–water partition coefficient (Wildman–Crippen LogP) is 4.78. The van der Waals surface area contributed by atoms with E-state index < -0.39 is 12.6 Å². The van der Waals surface area contributed by atoms with Crippen LogP contribution in [-0.4, -0.2) is 28.8 Å². The third-order valence-electron chi connectivity index (χ3n) is 4.96. The summed E-state index contributed by atoms with van der Waals surface area (Å²) in [6.07, 6.45) is 1.45. The van der Waals surface area contributed by atoms with Crippen LogP contribution in [0.3, 0.4) is 0 Å². The third-order valence-corrected chi connectivity index (χ3v) is 6.32. The Bertz CT molecular complexity index is 1330. The van der Waals surface area contributed by atoms with Crippen molar-refractivity contribution in [3.05, 3.63) is 79.8 Å². The minimum atomic E-state index is -0.876. The summed E-state index contributed by atoms with van der Waals surface area (Å²) in [6, 6.07) is 14.4. The molecule has 0 saturated heterocycles. The highest BCUT2D eigenvalue weighted by Gasteiger charge is 2.17. The monoisotopic (exact) mass is 495 g/mol. The standard InChI is InChI=1S/C25H22ClN3O4S/c1-15-9-18(16(2)29(15)21-6-4-5-20(26)11-21)10-19(12-27)25(32)33-14-23(31)24-8-7-22(34-24)13-28-17(3)30/h4-11H,13-14H2,1-3H3,(H,28,30)/b19-10+. The van der Waals surface area contributed by atoms with E-state index in [-0.39, 0.29) is 17.3 Å². The van der Waals surface area contributed by atoms with E-state index in [0.29, 0.717) is 22.0 Å². The SMILES string of the molecule is CC(=O)NCc1ccc(C(=O)COC(=O)/C(C#N)=C/c2cc(C)n(-c3cccc(Cl)c3)c2C)s1. The summed E-state index contributed by atoms with van der Waals surface area (Å²) in [7, 11) is 0. The summed E-state index contributed by atoms with van der Waals surface area (Å²) in [6.45, 7) is 5.03. The van der Waals surface area contributed by atoms with Crippen molar-refractivity contribution in [1.82, 2.24) is 9.88 Å². The van der Waals surface area contributed by atoms with Gasteiger partial charge in [0.25, 0.3) is 0 Å². The molecule has 3 rings (SSSR count). The number of ketones is 1. The second-order valence-electron chi connectivity index (χ2n) is 7.49. The number of Topliss-reactive ketones (excluding diaryl/α,β-unsaturated/α-hetero) is 1. The van der Waals surface area contributed by atoms with Gasteiger partial charge < -0.3 is 14.6 Å². The number of hydrogen-bond acceptors (Lipinski definition) is 6. The number of benzene rings is 1. The fourth-order valence-electron chi connectivity index (χ4n) is 3.35. The van der Waals surface area contributed by atoms with E-state index in [1.165, 1.54) is 24.3 Å². The molecule has 2 aromatic heterocycles. The van der Waals surface area contributed by atoms with Crippen LogP contribution in [0.1, 0.15) is 38.4 Å². The lowest BCUT2D eigenvalue weighted by molar-refractivity contribution is -0.137. The van der Waals surface area contributed by atoms with Crippen molar-refractivity contribution in [2.45, 2.75) is 27.3 Å². The summed E-state index contributed by atoms with van der Waals surface area (Å²) in [5.74, 6) is -1.43. The Labute approximate surface area is 206 Å². The van der Waals surface area contributed by atoms with Crippen LogP contribution in [0.15, 0.2) is 48.0 Å². The fourth-order valence-corrected chi connectivity index (χ4v) is 4.41. The second kappa shape index (κ2) is 11.0. The van der Waals surface area contributed by atoms with E-state index in [1.54, 1.807) is 18.2 Å². The number of thiophene rings is 1. The number of esters is 1. The first-order valence-electron chi connectivity index (χ1n) is 10.3. The van der Waals surface area contributed by atoms with E-state index in [4.69, 9.17) is 16.3 Å². The molecule has 0 atom stereocenters. The number of carbonyl (C=O) groups is 3. The number of amides is 1. The second-order valence-corrected chi connectivity index (χ2v) is 9.09. The molecule has 1 aromatic carbocycles. The number of ether oxygens (including phenoxy) is 1. The molecule has 34 heavy (non-hydrogen) atoms. The number of nitrogens with one attached hydrogen (secondary N) is 1. The molecule has 0 unspecified atom stereocenters. The van der Waals surface area contributed by atoms with Gasteiger partial charge in [-0.1, -0.05) is 17.7 Å². The maximum absolute atomic E-state index is 12.5. The van der Waals surface area contributed by atoms with Gasteiger partial charge in [-0.3, -0.25) is 9.59 Å². The van der Waals surface area contributed by atoms with Crippen LogP contribution < -0.4 is 5.32 Å². The highest BCUT2D eigenvalue weighted by Crippen LogP contribution is 2.25. The molecule has 0 radical (unpaired) electrons. The molecule has 9 heteroatoms. The summed E-state index contributed by atoms with van der Waals surface area (Å²) in [4.78, 5) is 37.1. The number of aromatic nitrogens is 1. The fraction of sp³-hybridized carbons (Fsp3) is 0.200. The van der Waals surface area contributed by atoms with Crippen molar-refractivity contribution in [3.63, 3.8) is 0 Å². The van der Waals surface area contributed by atoms with E-state index >= 15 is 0 Å². The molecule has 0 fully saturated rings. The third kappa shape index (κ3) is 6.01. The van der Waals surface area contributed by atoms with Crippen LogP contribution in [0.2, 0.25) is 5.02 Å². The Kier molecular flexibility index (Phi) is 8.05. The normalized spacial score (nSPS) is 11.1.